The van der Waals surface area contributed by atoms with Gasteiger partial charge in [-0.15, -0.1) is 0 Å². The van der Waals surface area contributed by atoms with Gasteiger partial charge < -0.3 is 19.9 Å². The summed E-state index contributed by atoms with van der Waals surface area (Å²) in [5, 5.41) is 4.01. The first kappa shape index (κ1) is 19.2. The number of pyridine rings is 1. The smallest absolute Gasteiger partial charge is 0.259 e. The van der Waals surface area contributed by atoms with Crippen LogP contribution in [0.25, 0.3) is 10.9 Å². The van der Waals surface area contributed by atoms with Crippen molar-refractivity contribution in [2.75, 3.05) is 50.6 Å². The zero-order chi connectivity index (χ0) is 20.4. The molecule has 0 radical (unpaired) electrons. The number of aromatic nitrogens is 1. The minimum Gasteiger partial charge on any atom is -0.496 e. The van der Waals surface area contributed by atoms with Gasteiger partial charge in [0.1, 0.15) is 11.6 Å². The summed E-state index contributed by atoms with van der Waals surface area (Å²) >= 11 is 0. The summed E-state index contributed by atoms with van der Waals surface area (Å²) in [6.45, 7) is 6.16. The van der Waals surface area contributed by atoms with Crippen LogP contribution in [0.3, 0.4) is 0 Å². The number of benzene rings is 2. The highest BCUT2D eigenvalue weighted by Crippen LogP contribution is 2.27. The highest BCUT2D eigenvalue weighted by Gasteiger charge is 2.17. The third kappa shape index (κ3) is 4.03. The van der Waals surface area contributed by atoms with Crippen molar-refractivity contribution in [1.82, 2.24) is 9.88 Å². The molecule has 0 atom stereocenters. The van der Waals surface area contributed by atoms with E-state index in [9.17, 15) is 4.79 Å². The molecule has 1 fully saturated rings. The SMILES string of the molecule is COc1ccccc1C(=O)Nc1ccc2nc(N3CCN(C)CC3)cc(C)c2c1. The Morgan fingerprint density at radius 2 is 1.83 bits per heavy atom. The first-order valence-electron chi connectivity index (χ1n) is 9.84. The van der Waals surface area contributed by atoms with E-state index in [1.54, 1.807) is 19.2 Å². The van der Waals surface area contributed by atoms with E-state index >= 15 is 0 Å². The maximum Gasteiger partial charge on any atom is 0.259 e. The Kier molecular flexibility index (Phi) is 5.36. The number of anilines is 2. The van der Waals surface area contributed by atoms with Gasteiger partial charge in [0.05, 0.1) is 18.2 Å². The van der Waals surface area contributed by atoms with Crippen LogP contribution in [0.1, 0.15) is 15.9 Å². The molecule has 0 spiro atoms. The first-order valence-corrected chi connectivity index (χ1v) is 9.84. The van der Waals surface area contributed by atoms with Crippen molar-refractivity contribution in [2.24, 2.45) is 0 Å². The average Bonchev–Trinajstić information content (AvgIpc) is 2.74. The van der Waals surface area contributed by atoms with E-state index < -0.39 is 0 Å². The largest absolute Gasteiger partial charge is 0.496 e. The Morgan fingerprint density at radius 3 is 2.59 bits per heavy atom. The number of ether oxygens (including phenoxy) is 1. The van der Waals surface area contributed by atoms with Crippen LogP contribution in [0.4, 0.5) is 11.5 Å². The lowest BCUT2D eigenvalue weighted by Crippen LogP contribution is -2.44. The molecular weight excluding hydrogens is 364 g/mol. The summed E-state index contributed by atoms with van der Waals surface area (Å²) in [4.78, 5) is 22.2. The van der Waals surface area contributed by atoms with Crippen LogP contribution < -0.4 is 15.0 Å². The van der Waals surface area contributed by atoms with E-state index in [4.69, 9.17) is 9.72 Å². The van der Waals surface area contributed by atoms with Crippen molar-refractivity contribution in [3.8, 4) is 5.75 Å². The number of likely N-dealkylation sites (N-methyl/N-ethyl adjacent to an activating group) is 1. The summed E-state index contributed by atoms with van der Waals surface area (Å²) in [6, 6.07) is 15.2. The fourth-order valence-electron chi connectivity index (χ4n) is 3.68. The number of amides is 1. The van der Waals surface area contributed by atoms with Gasteiger partial charge in [0.2, 0.25) is 0 Å². The number of hydrogen-bond donors (Lipinski definition) is 1. The Hall–Kier alpha value is -3.12. The van der Waals surface area contributed by atoms with Crippen LogP contribution in [0.15, 0.2) is 48.5 Å². The average molecular weight is 390 g/mol. The molecule has 0 aliphatic carbocycles. The summed E-state index contributed by atoms with van der Waals surface area (Å²) in [7, 11) is 3.71. The maximum absolute atomic E-state index is 12.7. The fraction of sp³-hybridized carbons (Fsp3) is 0.304. The molecule has 1 amide bonds. The van der Waals surface area contributed by atoms with Crippen molar-refractivity contribution in [1.29, 1.82) is 0 Å². The van der Waals surface area contributed by atoms with Gasteiger partial charge in [-0.05, 0) is 55.9 Å². The van der Waals surface area contributed by atoms with Crippen LogP contribution in [-0.4, -0.2) is 56.1 Å². The molecule has 1 N–H and O–H groups in total. The third-order valence-electron chi connectivity index (χ3n) is 5.44. The predicted octanol–water partition coefficient (Wildman–Crippen LogP) is 3.56. The van der Waals surface area contributed by atoms with Crippen molar-refractivity contribution < 1.29 is 9.53 Å². The van der Waals surface area contributed by atoms with Gasteiger partial charge in [-0.2, -0.15) is 0 Å². The number of nitrogens with zero attached hydrogens (tertiary/aromatic N) is 3. The zero-order valence-electron chi connectivity index (χ0n) is 17.1. The Bertz CT molecular complexity index is 1040. The van der Waals surface area contributed by atoms with Gasteiger partial charge in [0.15, 0.2) is 0 Å². The molecule has 29 heavy (non-hydrogen) atoms. The number of hydrogen-bond acceptors (Lipinski definition) is 5. The van der Waals surface area contributed by atoms with E-state index in [1.807, 2.05) is 30.3 Å². The molecule has 4 rings (SSSR count). The topological polar surface area (TPSA) is 57.7 Å². The summed E-state index contributed by atoms with van der Waals surface area (Å²) in [5.74, 6) is 1.39. The summed E-state index contributed by atoms with van der Waals surface area (Å²) in [5.41, 5.74) is 3.34. The molecule has 6 nitrogen and oxygen atoms in total. The summed E-state index contributed by atoms with van der Waals surface area (Å²) < 4.78 is 5.29. The predicted molar refractivity (Wildman–Crippen MR) is 117 cm³/mol. The van der Waals surface area contributed by atoms with E-state index in [0.717, 1.165) is 54.2 Å². The lowest BCUT2D eigenvalue weighted by atomic mass is 10.1. The van der Waals surface area contributed by atoms with E-state index in [-0.39, 0.29) is 5.91 Å². The second-order valence-corrected chi connectivity index (χ2v) is 7.47. The van der Waals surface area contributed by atoms with Gasteiger partial charge in [-0.3, -0.25) is 4.79 Å². The molecule has 1 saturated heterocycles. The van der Waals surface area contributed by atoms with Gasteiger partial charge >= 0.3 is 0 Å². The van der Waals surface area contributed by atoms with Gasteiger partial charge in [0, 0.05) is 37.3 Å². The first-order chi connectivity index (χ1) is 14.0. The number of fused-ring (bicyclic) bond motifs is 1. The summed E-state index contributed by atoms with van der Waals surface area (Å²) in [6.07, 6.45) is 0. The molecule has 2 heterocycles. The van der Waals surface area contributed by atoms with Crippen molar-refractivity contribution in [3.63, 3.8) is 0 Å². The monoisotopic (exact) mass is 390 g/mol. The molecule has 1 aliphatic heterocycles. The molecule has 0 unspecified atom stereocenters. The third-order valence-corrected chi connectivity index (χ3v) is 5.44. The molecule has 6 heteroatoms. The quantitative estimate of drug-likeness (QED) is 0.738. The number of piperazine rings is 1. The fourth-order valence-corrected chi connectivity index (χ4v) is 3.68. The molecular formula is C23H26N4O2. The van der Waals surface area contributed by atoms with Crippen LogP contribution in [0.5, 0.6) is 5.75 Å². The molecule has 1 aliphatic rings. The minimum absolute atomic E-state index is 0.193. The number of rotatable bonds is 4. The van der Waals surface area contributed by atoms with Gasteiger partial charge in [0.25, 0.3) is 5.91 Å². The molecule has 150 valence electrons. The number of carbonyl (C=O) groups is 1. The number of para-hydroxylation sites is 1. The van der Waals surface area contributed by atoms with Gasteiger partial charge in [-0.1, -0.05) is 12.1 Å². The lowest BCUT2D eigenvalue weighted by Gasteiger charge is -2.33. The van der Waals surface area contributed by atoms with E-state index in [0.29, 0.717) is 11.3 Å². The van der Waals surface area contributed by atoms with Crippen molar-refractivity contribution >= 4 is 28.3 Å². The van der Waals surface area contributed by atoms with Crippen LogP contribution >= 0.6 is 0 Å². The highest BCUT2D eigenvalue weighted by molar-refractivity contribution is 6.07. The second kappa shape index (κ2) is 8.09. The molecule has 0 bridgehead atoms. The Balaban J connectivity index is 1.59. The van der Waals surface area contributed by atoms with E-state index in [1.165, 1.54) is 0 Å². The molecule has 3 aromatic rings. The number of nitrogens with one attached hydrogen (secondary N) is 1. The van der Waals surface area contributed by atoms with E-state index in [2.05, 4.69) is 35.2 Å². The van der Waals surface area contributed by atoms with Crippen molar-refractivity contribution in [3.05, 3.63) is 59.7 Å². The molecule has 0 saturated carbocycles. The standard InChI is InChI=1S/C23H26N4O2/c1-16-14-22(27-12-10-26(2)11-13-27)25-20-9-8-17(15-19(16)20)24-23(28)18-6-4-5-7-21(18)29-3/h4-9,14-15H,10-13H2,1-3H3,(H,24,28). The van der Waals surface area contributed by atoms with Gasteiger partial charge in [-0.25, -0.2) is 4.98 Å². The highest BCUT2D eigenvalue weighted by atomic mass is 16.5. The number of aryl methyl sites for hydroxylation is 1. The second-order valence-electron chi connectivity index (χ2n) is 7.47. The number of methoxy groups -OCH3 is 1. The molecule has 1 aromatic heterocycles. The minimum atomic E-state index is -0.193. The zero-order valence-corrected chi connectivity index (χ0v) is 17.1. The normalized spacial score (nSPS) is 14.8. The van der Waals surface area contributed by atoms with Crippen LogP contribution in [0.2, 0.25) is 0 Å². The number of carbonyl (C=O) groups excluding carboxylic acids is 1. The Labute approximate surface area is 171 Å². The Morgan fingerprint density at radius 1 is 1.07 bits per heavy atom. The lowest BCUT2D eigenvalue weighted by molar-refractivity contribution is 0.102. The van der Waals surface area contributed by atoms with Crippen molar-refractivity contribution in [2.45, 2.75) is 6.92 Å². The van der Waals surface area contributed by atoms with Crippen LogP contribution in [-0.2, 0) is 0 Å². The maximum atomic E-state index is 12.7. The molecule has 2 aromatic carbocycles. The van der Waals surface area contributed by atoms with Crippen LogP contribution in [0, 0.1) is 6.92 Å².